The van der Waals surface area contributed by atoms with E-state index in [0.717, 1.165) is 76.3 Å². The summed E-state index contributed by atoms with van der Waals surface area (Å²) in [6.07, 6.45) is 10.3. The Labute approximate surface area is 594 Å². The molecular weight excluding hydrogens is 1530 g/mol. The Kier molecular flexibility index (Phi) is 30.1. The summed E-state index contributed by atoms with van der Waals surface area (Å²) < 4.78 is 201. The van der Waals surface area contributed by atoms with Crippen molar-refractivity contribution in [1.82, 2.24) is 39.0 Å². The van der Waals surface area contributed by atoms with Crippen LogP contribution in [0.2, 0.25) is 5.28 Å². The number of fused-ring (bicyclic) bond motifs is 2. The highest BCUT2D eigenvalue weighted by Crippen LogP contribution is 2.37. The molecule has 0 saturated carbocycles. The number of halogens is 17. The standard InChI is InChI=1S/C19H13F3N6O3.C12H9ClN4.C7H5F3N2O3.C7H4F3NO3.C7H6F3NO.C6H4FNO3.C2HClF2O2/c1-27-9-10(17-14(27)3-2-5-23-17)12-4-6-24-19(25-12)26-13-8-15(28(29)30)11(20)7-16(13)31-18(21)22;1-17-7-8(9-4-6-15-12(13)16-9)11-10(17)3-2-5-14-11;8-3-1-6(15-7(9)10)4(11)2-5(3)12(13)14;8-4-1-2-5(11(12)13)6(3-4)14-7(9)10;8-4-1-2-5(11)6(3-4)12-7(9)10;7-4-1-2-5(8(10)11)6(9)3-4;3-2(4,5)1(6)7/h2-9,18H,1H3,(H,24,25,26);2-7H,1H3;1-2,7H,11H2;1-3,7H;1-3,7H,11H2;1-3,9H;(H,6,7). The van der Waals surface area contributed by atoms with Gasteiger partial charge in [0.1, 0.15) is 17.5 Å². The molecule has 7 N–H and O–H groups in total. The van der Waals surface area contributed by atoms with Crippen LogP contribution in [0.3, 0.4) is 0 Å². The number of nitrogens with one attached hydrogen (secondary N) is 1. The lowest BCUT2D eigenvalue weighted by atomic mass is 10.2. The van der Waals surface area contributed by atoms with Crippen molar-refractivity contribution < 1.29 is 120 Å². The number of carboxylic acid groups (broad SMARTS) is 1. The van der Waals surface area contributed by atoms with Gasteiger partial charge < -0.3 is 55.1 Å². The number of benzene rings is 5. The Balaban J connectivity index is 0.000000235. The van der Waals surface area contributed by atoms with Crippen molar-refractivity contribution in [3.63, 3.8) is 0 Å². The minimum absolute atomic E-state index is 0.0169. The quantitative estimate of drug-likeness (QED) is 0.0141. The summed E-state index contributed by atoms with van der Waals surface area (Å²) in [5, 5.41) is 56.5. The molecule has 0 radical (unpaired) electrons. The number of nitro groups is 4. The van der Waals surface area contributed by atoms with Crippen molar-refractivity contribution in [2.45, 2.75) is 31.8 Å². The number of aliphatic carboxylic acids is 1. The number of phenolic OH excluding ortho intramolecular Hbond substituents is 1. The van der Waals surface area contributed by atoms with E-state index in [9.17, 15) is 106 Å². The zero-order valence-corrected chi connectivity index (χ0v) is 54.4. The molecule has 47 heteroatoms. The summed E-state index contributed by atoms with van der Waals surface area (Å²) in [4.78, 5) is 72.2. The van der Waals surface area contributed by atoms with Gasteiger partial charge in [0.2, 0.25) is 28.6 Å². The van der Waals surface area contributed by atoms with Crippen LogP contribution in [0, 0.1) is 69.5 Å². The minimum atomic E-state index is -4.11. The molecule has 30 nitrogen and oxygen atoms in total. The highest BCUT2D eigenvalue weighted by molar-refractivity contribution is 6.31. The highest BCUT2D eigenvalue weighted by atomic mass is 35.5. The zero-order valence-electron chi connectivity index (χ0n) is 52.9. The second-order valence-electron chi connectivity index (χ2n) is 19.6. The number of alkyl halides is 11. The molecular formula is C60H42Cl2F15N15O15. The summed E-state index contributed by atoms with van der Waals surface area (Å²) in [6, 6.07) is 21.0. The van der Waals surface area contributed by atoms with Crippen molar-refractivity contribution >= 4 is 97.0 Å². The van der Waals surface area contributed by atoms with E-state index in [2.05, 4.69) is 65.8 Å². The van der Waals surface area contributed by atoms with Gasteiger partial charge in [0, 0.05) is 117 Å². The molecule has 566 valence electrons. The maximum atomic E-state index is 13.9. The molecule has 0 aliphatic rings. The summed E-state index contributed by atoms with van der Waals surface area (Å²) in [5.74, 6) is -10.3. The molecule has 0 bridgehead atoms. The van der Waals surface area contributed by atoms with Crippen LogP contribution < -0.4 is 35.7 Å². The Morgan fingerprint density at radius 2 is 0.925 bits per heavy atom. The fourth-order valence-electron chi connectivity index (χ4n) is 8.03. The van der Waals surface area contributed by atoms with Crippen LogP contribution in [0.5, 0.6) is 28.7 Å². The number of nitro benzene ring substituents is 4. The molecule has 107 heavy (non-hydrogen) atoms. The molecule has 11 aromatic rings. The van der Waals surface area contributed by atoms with Crippen LogP contribution in [0.25, 0.3) is 44.6 Å². The van der Waals surface area contributed by atoms with Gasteiger partial charge in [-0.2, -0.15) is 52.7 Å². The number of nitrogen functional groups attached to an aromatic ring is 2. The third kappa shape index (κ3) is 25.2. The molecule has 6 heterocycles. The minimum Gasteiger partial charge on any atom is -0.502 e. The first-order valence-electron chi connectivity index (χ1n) is 28.0. The number of ether oxygens (including phenoxy) is 4. The molecule has 6 aromatic heterocycles. The van der Waals surface area contributed by atoms with Gasteiger partial charge in [0.05, 0.1) is 70.2 Å². The van der Waals surface area contributed by atoms with E-state index in [1.54, 1.807) is 30.7 Å². The van der Waals surface area contributed by atoms with Gasteiger partial charge in [-0.05, 0) is 83.9 Å². The molecule has 0 aliphatic heterocycles. The largest absolute Gasteiger partial charge is 0.502 e. The van der Waals surface area contributed by atoms with E-state index < -0.39 is 138 Å². The number of aromatic hydroxyl groups is 1. The van der Waals surface area contributed by atoms with Gasteiger partial charge in [-0.1, -0.05) is 0 Å². The second kappa shape index (κ2) is 38.2. The predicted molar refractivity (Wildman–Crippen MR) is 346 cm³/mol. The Bertz CT molecular complexity index is 4980. The van der Waals surface area contributed by atoms with Crippen LogP contribution in [0.15, 0.2) is 152 Å². The predicted octanol–water partition coefficient (Wildman–Crippen LogP) is 15.7. The van der Waals surface area contributed by atoms with E-state index in [4.69, 9.17) is 38.1 Å². The first-order valence-corrected chi connectivity index (χ1v) is 28.7. The number of hydrogen-bond donors (Lipinski definition) is 5. The molecule has 5 aromatic carbocycles. The fraction of sp³-hybridized carbons (Fsp3) is 0.117. The van der Waals surface area contributed by atoms with Crippen LogP contribution >= 0.6 is 23.2 Å². The third-order valence-corrected chi connectivity index (χ3v) is 12.8. The van der Waals surface area contributed by atoms with Gasteiger partial charge in [0.15, 0.2) is 23.0 Å². The molecule has 0 fully saturated rings. The summed E-state index contributed by atoms with van der Waals surface area (Å²) in [5.41, 5.74) is 13.1. The topological polar surface area (TPSA) is 418 Å². The van der Waals surface area contributed by atoms with Crippen molar-refractivity contribution in [3.05, 3.63) is 227 Å². The maximum absolute atomic E-state index is 13.9. The Morgan fingerprint density at radius 3 is 1.38 bits per heavy atom. The molecule has 0 saturated heterocycles. The molecule has 11 rings (SSSR count). The van der Waals surface area contributed by atoms with Crippen LogP contribution in [-0.2, 0) is 18.9 Å². The molecule has 0 amide bonds. The van der Waals surface area contributed by atoms with Crippen LogP contribution in [-0.4, -0.2) is 107 Å². The fourth-order valence-corrected chi connectivity index (χ4v) is 8.18. The van der Waals surface area contributed by atoms with Gasteiger partial charge in [-0.3, -0.25) is 50.4 Å². The lowest BCUT2D eigenvalue weighted by Crippen LogP contribution is -2.19. The van der Waals surface area contributed by atoms with E-state index in [0.29, 0.717) is 47.1 Å². The van der Waals surface area contributed by atoms with Gasteiger partial charge in [0.25, 0.3) is 0 Å². The van der Waals surface area contributed by atoms with E-state index in [1.165, 1.54) is 6.20 Å². The number of rotatable bonds is 17. The lowest BCUT2D eigenvalue weighted by Gasteiger charge is -2.12. The number of nitrogens with two attached hydrogens (primary N) is 2. The number of aryl methyl sites for hydroxylation is 2. The summed E-state index contributed by atoms with van der Waals surface area (Å²) in [7, 11) is 3.83. The maximum Gasteiger partial charge on any atom is 0.417 e. The molecule has 0 aliphatic carbocycles. The second-order valence-corrected chi connectivity index (χ2v) is 20.4. The number of hydrogen-bond acceptors (Lipinski definition) is 23. The first kappa shape index (κ1) is 84.3. The lowest BCUT2D eigenvalue weighted by molar-refractivity contribution is -0.387. The zero-order chi connectivity index (χ0) is 79.9. The van der Waals surface area contributed by atoms with Gasteiger partial charge >= 0.3 is 60.5 Å². The van der Waals surface area contributed by atoms with E-state index in [1.807, 2.05) is 59.9 Å². The normalized spacial score (nSPS) is 10.6. The number of aromatic nitrogens is 8. The first-order chi connectivity index (χ1) is 50.1. The number of anilines is 4. The summed E-state index contributed by atoms with van der Waals surface area (Å²) >= 11 is 9.74. The van der Waals surface area contributed by atoms with Gasteiger partial charge in [-0.15, -0.1) is 0 Å². The smallest absolute Gasteiger partial charge is 0.417 e. The average Bonchev–Trinajstić information content (AvgIpc) is 1.66. The average molecular weight is 1570 g/mol. The molecule has 0 atom stereocenters. The van der Waals surface area contributed by atoms with Crippen molar-refractivity contribution in [2.75, 3.05) is 16.8 Å². The number of nitrogens with zero attached hydrogens (tertiary/aromatic N) is 12. The third-order valence-electron chi connectivity index (χ3n) is 12.4. The van der Waals surface area contributed by atoms with Crippen LogP contribution in [0.4, 0.5) is 112 Å². The SMILES string of the molecule is Cn1cc(-c2ccnc(Cl)n2)c2ncccc21.Cn1cc(-c2ccnc(Nc3cc([N+](=O)[O-])c(F)cc3OC(F)F)n2)c2ncccc21.Nc1cc([N+](=O)[O-])c(F)cc1OC(F)F.Nc1ccc(F)cc1OC(F)F.O=C(O)C(F)(F)Cl.O=[N+]([O-])c1ccc(F)cc1O.O=[N+]([O-])c1ccc(F)cc1OC(F)F. The molecule has 0 unspecified atom stereocenters. The number of carbonyl (C=O) groups is 1. The summed E-state index contributed by atoms with van der Waals surface area (Å²) in [6.45, 7) is -12.7. The Hall–Kier alpha value is -13.4. The number of phenols is 1. The van der Waals surface area contributed by atoms with Gasteiger partial charge in [-0.25, -0.2) is 37.9 Å². The Morgan fingerprint density at radius 1 is 0.523 bits per heavy atom. The molecule has 0 spiro atoms. The van der Waals surface area contributed by atoms with E-state index in [-0.39, 0.29) is 28.4 Å². The van der Waals surface area contributed by atoms with E-state index >= 15 is 0 Å². The van der Waals surface area contributed by atoms with Crippen molar-refractivity contribution in [1.29, 1.82) is 0 Å². The monoisotopic (exact) mass is 1570 g/mol. The highest BCUT2D eigenvalue weighted by Gasteiger charge is 2.35. The van der Waals surface area contributed by atoms with Crippen molar-refractivity contribution in [3.8, 4) is 51.3 Å². The number of pyridine rings is 2. The van der Waals surface area contributed by atoms with Crippen LogP contribution in [0.1, 0.15) is 0 Å². The number of carboxylic acids is 1. The van der Waals surface area contributed by atoms with Crippen molar-refractivity contribution in [2.24, 2.45) is 14.1 Å².